The first-order valence-corrected chi connectivity index (χ1v) is 9.05. The number of ether oxygens (including phenoxy) is 2. The van der Waals surface area contributed by atoms with Gasteiger partial charge in [0.15, 0.2) is 0 Å². The number of anilines is 2. The number of para-hydroxylation sites is 1. The fraction of sp³-hybridized carbons (Fsp3) is 0.238. The van der Waals surface area contributed by atoms with E-state index in [1.165, 1.54) is 37.3 Å². The van der Waals surface area contributed by atoms with E-state index in [2.05, 4.69) is 10.1 Å². The van der Waals surface area contributed by atoms with E-state index in [1.807, 2.05) is 0 Å². The summed E-state index contributed by atoms with van der Waals surface area (Å²) in [5, 5.41) is 12.6. The number of carbonyl (C=O) groups is 4. The number of nitrogens with zero attached hydrogens (tertiary/aromatic N) is 1. The summed E-state index contributed by atoms with van der Waals surface area (Å²) in [6.45, 7) is 0.0691. The number of phenols is 1. The van der Waals surface area contributed by atoms with E-state index in [0.29, 0.717) is 5.69 Å². The highest BCUT2D eigenvalue weighted by atomic mass is 16.5. The molecule has 1 atom stereocenters. The molecule has 1 saturated heterocycles. The first-order chi connectivity index (χ1) is 14.3. The van der Waals surface area contributed by atoms with Crippen LogP contribution in [0, 0.1) is 5.92 Å². The zero-order valence-corrected chi connectivity index (χ0v) is 16.4. The van der Waals surface area contributed by atoms with Crippen LogP contribution in [0.4, 0.5) is 11.4 Å². The smallest absolute Gasteiger partial charge is 0.339 e. The van der Waals surface area contributed by atoms with Gasteiger partial charge < -0.3 is 24.8 Å². The molecule has 2 aromatic carbocycles. The van der Waals surface area contributed by atoms with Crippen molar-refractivity contribution >= 4 is 35.1 Å². The van der Waals surface area contributed by atoms with E-state index in [4.69, 9.17) is 4.74 Å². The number of hydrogen-bond acceptors (Lipinski definition) is 7. The van der Waals surface area contributed by atoms with E-state index >= 15 is 0 Å². The second kappa shape index (κ2) is 8.64. The molecule has 0 spiro atoms. The third-order valence-electron chi connectivity index (χ3n) is 4.77. The average molecular weight is 412 g/mol. The number of aromatic hydroxyl groups is 1. The normalized spacial score (nSPS) is 15.6. The van der Waals surface area contributed by atoms with Crippen molar-refractivity contribution < 1.29 is 33.8 Å². The van der Waals surface area contributed by atoms with Gasteiger partial charge in [0, 0.05) is 13.0 Å². The lowest BCUT2D eigenvalue weighted by Crippen LogP contribution is -2.29. The number of nitrogens with one attached hydrogen (secondary N) is 1. The van der Waals surface area contributed by atoms with Crippen molar-refractivity contribution in [3.05, 3.63) is 53.6 Å². The highest BCUT2D eigenvalue weighted by molar-refractivity contribution is 6.07. The quantitative estimate of drug-likeness (QED) is 0.568. The van der Waals surface area contributed by atoms with Gasteiger partial charge >= 0.3 is 11.9 Å². The number of phenolic OH excluding ortho intramolecular Hbond substituents is 1. The van der Waals surface area contributed by atoms with Gasteiger partial charge in [-0.3, -0.25) is 9.59 Å². The monoisotopic (exact) mass is 412 g/mol. The molecule has 2 N–H and O–H groups in total. The molecule has 2 aromatic rings. The van der Waals surface area contributed by atoms with Gasteiger partial charge in [-0.15, -0.1) is 0 Å². The molecule has 9 heteroatoms. The third-order valence-corrected chi connectivity index (χ3v) is 4.77. The Kier molecular flexibility index (Phi) is 6.01. The molecule has 0 radical (unpaired) electrons. The minimum Gasteiger partial charge on any atom is -0.506 e. The Labute approximate surface area is 172 Å². The lowest BCUT2D eigenvalue weighted by molar-refractivity contribution is -0.122. The van der Waals surface area contributed by atoms with Crippen molar-refractivity contribution in [2.75, 3.05) is 31.0 Å². The summed E-state index contributed by atoms with van der Waals surface area (Å²) < 4.78 is 9.34. The summed E-state index contributed by atoms with van der Waals surface area (Å²) >= 11 is 0. The molecule has 0 saturated carbocycles. The predicted molar refractivity (Wildman–Crippen MR) is 106 cm³/mol. The first-order valence-electron chi connectivity index (χ1n) is 9.05. The number of methoxy groups -OCH3 is 2. The van der Waals surface area contributed by atoms with E-state index in [0.717, 1.165) is 0 Å². The van der Waals surface area contributed by atoms with E-state index in [-0.39, 0.29) is 41.4 Å². The number of amides is 2. The zero-order chi connectivity index (χ0) is 21.8. The summed E-state index contributed by atoms with van der Waals surface area (Å²) in [4.78, 5) is 50.0. The fourth-order valence-corrected chi connectivity index (χ4v) is 3.22. The maximum atomic E-state index is 12.7. The Morgan fingerprint density at radius 3 is 2.43 bits per heavy atom. The Morgan fingerprint density at radius 2 is 1.77 bits per heavy atom. The summed E-state index contributed by atoms with van der Waals surface area (Å²) in [5.74, 6) is -2.97. The van der Waals surface area contributed by atoms with Crippen LogP contribution in [-0.2, 0) is 19.1 Å². The Bertz CT molecular complexity index is 1020. The van der Waals surface area contributed by atoms with Crippen molar-refractivity contribution in [1.82, 2.24) is 0 Å². The zero-order valence-electron chi connectivity index (χ0n) is 16.4. The standard InChI is InChI=1S/C21H20N2O7/c1-29-20(27)12-7-8-15(17(24)9-12)22-19(26)13-10-18(25)23(11-13)16-6-4-3-5-14(16)21(28)30-2/h3-9,13,24H,10-11H2,1-2H3,(H,22,26). The van der Waals surface area contributed by atoms with Crippen LogP contribution in [0.3, 0.4) is 0 Å². The highest BCUT2D eigenvalue weighted by Gasteiger charge is 2.37. The van der Waals surface area contributed by atoms with Gasteiger partial charge in [-0.25, -0.2) is 9.59 Å². The van der Waals surface area contributed by atoms with E-state index < -0.39 is 23.8 Å². The number of esters is 2. The number of carbonyl (C=O) groups excluding carboxylic acids is 4. The molecule has 3 rings (SSSR count). The van der Waals surface area contributed by atoms with Gasteiger partial charge in [-0.1, -0.05) is 12.1 Å². The van der Waals surface area contributed by atoms with Crippen molar-refractivity contribution in [3.63, 3.8) is 0 Å². The van der Waals surface area contributed by atoms with Crippen molar-refractivity contribution in [3.8, 4) is 5.75 Å². The van der Waals surface area contributed by atoms with Gasteiger partial charge in [0.25, 0.3) is 0 Å². The summed E-state index contributed by atoms with van der Waals surface area (Å²) in [7, 11) is 2.47. The minimum atomic E-state index is -0.692. The summed E-state index contributed by atoms with van der Waals surface area (Å²) in [5.41, 5.74) is 0.837. The van der Waals surface area contributed by atoms with Crippen LogP contribution in [0.25, 0.3) is 0 Å². The highest BCUT2D eigenvalue weighted by Crippen LogP contribution is 2.31. The second-order valence-electron chi connectivity index (χ2n) is 6.63. The molecule has 1 unspecified atom stereocenters. The summed E-state index contributed by atoms with van der Waals surface area (Å²) in [6, 6.07) is 10.5. The van der Waals surface area contributed by atoms with Crippen LogP contribution >= 0.6 is 0 Å². The van der Waals surface area contributed by atoms with Gasteiger partial charge in [0.1, 0.15) is 5.75 Å². The number of rotatable bonds is 5. The third kappa shape index (κ3) is 4.09. The lowest BCUT2D eigenvalue weighted by Gasteiger charge is -2.19. The topological polar surface area (TPSA) is 122 Å². The lowest BCUT2D eigenvalue weighted by atomic mass is 10.1. The molecule has 1 aliphatic heterocycles. The largest absolute Gasteiger partial charge is 0.506 e. The number of hydrogen-bond donors (Lipinski definition) is 2. The first kappa shape index (κ1) is 20.8. The molecule has 1 heterocycles. The number of benzene rings is 2. The predicted octanol–water partition coefficient (Wildman–Crippen LogP) is 1.96. The summed E-state index contributed by atoms with van der Waals surface area (Å²) in [6.07, 6.45) is -0.0532. The van der Waals surface area contributed by atoms with Crippen LogP contribution in [0.15, 0.2) is 42.5 Å². The maximum Gasteiger partial charge on any atom is 0.339 e. The molecule has 2 amide bonds. The SMILES string of the molecule is COC(=O)c1ccc(NC(=O)C2CC(=O)N(c3ccccc3C(=O)OC)C2)c(O)c1. The van der Waals surface area contributed by atoms with Gasteiger partial charge in [-0.05, 0) is 30.3 Å². The van der Waals surface area contributed by atoms with Crippen LogP contribution in [0.5, 0.6) is 5.75 Å². The molecule has 0 bridgehead atoms. The Hall–Kier alpha value is -3.88. The van der Waals surface area contributed by atoms with Crippen LogP contribution in [0.1, 0.15) is 27.1 Å². The molecule has 156 valence electrons. The minimum absolute atomic E-state index is 0.0532. The molecule has 0 aromatic heterocycles. The van der Waals surface area contributed by atoms with Gasteiger partial charge in [-0.2, -0.15) is 0 Å². The molecule has 0 aliphatic carbocycles. The van der Waals surface area contributed by atoms with Crippen LogP contribution < -0.4 is 10.2 Å². The molecule has 9 nitrogen and oxygen atoms in total. The fourth-order valence-electron chi connectivity index (χ4n) is 3.22. The average Bonchev–Trinajstić information content (AvgIpc) is 3.15. The Morgan fingerprint density at radius 1 is 1.07 bits per heavy atom. The molecular weight excluding hydrogens is 392 g/mol. The van der Waals surface area contributed by atoms with Crippen molar-refractivity contribution in [2.45, 2.75) is 6.42 Å². The molecular formula is C21H20N2O7. The van der Waals surface area contributed by atoms with Gasteiger partial charge in [0.2, 0.25) is 11.8 Å². The second-order valence-corrected chi connectivity index (χ2v) is 6.63. The molecule has 30 heavy (non-hydrogen) atoms. The molecule has 1 fully saturated rings. The van der Waals surface area contributed by atoms with Crippen molar-refractivity contribution in [1.29, 1.82) is 0 Å². The molecule has 1 aliphatic rings. The van der Waals surface area contributed by atoms with E-state index in [1.54, 1.807) is 24.3 Å². The van der Waals surface area contributed by atoms with E-state index in [9.17, 15) is 24.3 Å². The van der Waals surface area contributed by atoms with Gasteiger partial charge in [0.05, 0.1) is 42.6 Å². The van der Waals surface area contributed by atoms with Crippen molar-refractivity contribution in [2.24, 2.45) is 5.92 Å². The maximum absolute atomic E-state index is 12.7. The Balaban J connectivity index is 1.75. The van der Waals surface area contributed by atoms with Crippen LogP contribution in [0.2, 0.25) is 0 Å². The van der Waals surface area contributed by atoms with Crippen LogP contribution in [-0.4, -0.2) is 49.6 Å².